The summed E-state index contributed by atoms with van der Waals surface area (Å²) in [6, 6.07) is 16.4. The van der Waals surface area contributed by atoms with Crippen molar-refractivity contribution in [3.05, 3.63) is 87.2 Å². The van der Waals surface area contributed by atoms with Gasteiger partial charge in [0.25, 0.3) is 5.91 Å². The number of carbonyl (C=O) groups is 1. The van der Waals surface area contributed by atoms with Gasteiger partial charge in [-0.3, -0.25) is 4.79 Å². The predicted molar refractivity (Wildman–Crippen MR) is 109 cm³/mol. The van der Waals surface area contributed by atoms with E-state index in [0.29, 0.717) is 29.5 Å². The lowest BCUT2D eigenvalue weighted by atomic mass is 10.1. The summed E-state index contributed by atoms with van der Waals surface area (Å²) in [7, 11) is 0. The molecule has 140 valence electrons. The van der Waals surface area contributed by atoms with E-state index in [1.807, 2.05) is 38.1 Å². The van der Waals surface area contributed by atoms with E-state index in [1.54, 1.807) is 4.68 Å². The Hall–Kier alpha value is -2.59. The number of carbonyl (C=O) groups excluding carboxylic acids is 1. The number of hydrogen-bond donors (Lipinski definition) is 1. The van der Waals surface area contributed by atoms with Gasteiger partial charge in [0.05, 0.1) is 17.8 Å². The second kappa shape index (κ2) is 8.40. The topological polar surface area (TPSA) is 46.9 Å². The fourth-order valence-electron chi connectivity index (χ4n) is 3.07. The second-order valence-electron chi connectivity index (χ2n) is 6.83. The minimum atomic E-state index is -0.179. The van der Waals surface area contributed by atoms with Gasteiger partial charge in [-0.05, 0) is 43.9 Å². The molecule has 0 saturated heterocycles. The standard InChI is InChI=1S/C22H24ClN3O/c1-15-8-10-18(11-9-15)14-26-21(23)20(17(3)25-26)22(27)24-13-12-19-7-5-4-6-16(19)2/h4-11H,12-14H2,1-3H3,(H,24,27). The molecule has 1 amide bonds. The molecule has 0 aliphatic rings. The van der Waals surface area contributed by atoms with E-state index >= 15 is 0 Å². The minimum Gasteiger partial charge on any atom is -0.352 e. The summed E-state index contributed by atoms with van der Waals surface area (Å²) in [5.41, 5.74) is 5.85. The molecule has 0 unspecified atom stereocenters. The van der Waals surface area contributed by atoms with Crippen LogP contribution in [0.4, 0.5) is 0 Å². The van der Waals surface area contributed by atoms with Gasteiger partial charge in [-0.1, -0.05) is 65.7 Å². The monoisotopic (exact) mass is 381 g/mol. The molecule has 5 heteroatoms. The van der Waals surface area contributed by atoms with E-state index in [0.717, 1.165) is 12.0 Å². The molecule has 3 rings (SSSR count). The zero-order valence-corrected chi connectivity index (χ0v) is 16.7. The van der Waals surface area contributed by atoms with E-state index in [4.69, 9.17) is 11.6 Å². The van der Waals surface area contributed by atoms with Gasteiger partial charge in [0.1, 0.15) is 5.15 Å². The van der Waals surface area contributed by atoms with Gasteiger partial charge in [-0.15, -0.1) is 0 Å². The maximum absolute atomic E-state index is 12.6. The number of amides is 1. The smallest absolute Gasteiger partial charge is 0.256 e. The molecule has 0 spiro atoms. The summed E-state index contributed by atoms with van der Waals surface area (Å²) in [5, 5.41) is 7.79. The third-order valence-corrected chi connectivity index (χ3v) is 5.07. The Balaban J connectivity index is 1.67. The highest BCUT2D eigenvalue weighted by molar-refractivity contribution is 6.33. The number of nitrogens with zero attached hydrogens (tertiary/aromatic N) is 2. The van der Waals surface area contributed by atoms with Crippen LogP contribution in [0.1, 0.15) is 38.3 Å². The zero-order valence-electron chi connectivity index (χ0n) is 15.9. The van der Waals surface area contributed by atoms with Crippen molar-refractivity contribution in [3.63, 3.8) is 0 Å². The molecule has 0 aliphatic heterocycles. The van der Waals surface area contributed by atoms with E-state index in [9.17, 15) is 4.79 Å². The van der Waals surface area contributed by atoms with Crippen LogP contribution >= 0.6 is 11.6 Å². The lowest BCUT2D eigenvalue weighted by molar-refractivity contribution is 0.0953. The number of nitrogens with one attached hydrogen (secondary N) is 1. The Labute approximate surface area is 165 Å². The Morgan fingerprint density at radius 3 is 2.48 bits per heavy atom. The average molecular weight is 382 g/mol. The van der Waals surface area contributed by atoms with E-state index in [2.05, 4.69) is 41.6 Å². The quantitative estimate of drug-likeness (QED) is 0.684. The molecular formula is C22H24ClN3O. The zero-order chi connectivity index (χ0) is 19.4. The molecule has 0 radical (unpaired) electrons. The Kier molecular flexibility index (Phi) is 5.97. The highest BCUT2D eigenvalue weighted by Gasteiger charge is 2.20. The third kappa shape index (κ3) is 4.58. The molecule has 0 fully saturated rings. The first-order chi connectivity index (χ1) is 13.0. The van der Waals surface area contributed by atoms with Gasteiger partial charge in [0, 0.05) is 6.54 Å². The molecule has 0 aliphatic carbocycles. The Bertz CT molecular complexity index is 945. The molecule has 27 heavy (non-hydrogen) atoms. The van der Waals surface area contributed by atoms with Gasteiger partial charge in [0.2, 0.25) is 0 Å². The van der Waals surface area contributed by atoms with Crippen molar-refractivity contribution in [2.75, 3.05) is 6.54 Å². The number of aryl methyl sites for hydroxylation is 3. The largest absolute Gasteiger partial charge is 0.352 e. The van der Waals surface area contributed by atoms with Crippen molar-refractivity contribution in [2.24, 2.45) is 0 Å². The molecule has 0 atom stereocenters. The number of hydrogen-bond acceptors (Lipinski definition) is 2. The number of halogens is 1. The maximum atomic E-state index is 12.6. The summed E-state index contributed by atoms with van der Waals surface area (Å²) < 4.78 is 1.68. The normalized spacial score (nSPS) is 10.8. The molecule has 0 saturated carbocycles. The lowest BCUT2D eigenvalue weighted by Gasteiger charge is -2.08. The first-order valence-electron chi connectivity index (χ1n) is 9.07. The van der Waals surface area contributed by atoms with Crippen LogP contribution in [0.3, 0.4) is 0 Å². The number of rotatable bonds is 6. The molecule has 4 nitrogen and oxygen atoms in total. The molecule has 1 N–H and O–H groups in total. The highest BCUT2D eigenvalue weighted by Crippen LogP contribution is 2.21. The second-order valence-corrected chi connectivity index (χ2v) is 7.18. The van der Waals surface area contributed by atoms with Crippen molar-refractivity contribution >= 4 is 17.5 Å². The molecule has 1 heterocycles. The summed E-state index contributed by atoms with van der Waals surface area (Å²) in [6.45, 7) is 7.04. The van der Waals surface area contributed by atoms with Crippen LogP contribution in [-0.4, -0.2) is 22.2 Å². The van der Waals surface area contributed by atoms with Crippen LogP contribution in [-0.2, 0) is 13.0 Å². The summed E-state index contributed by atoms with van der Waals surface area (Å²) in [4.78, 5) is 12.6. The Morgan fingerprint density at radius 2 is 1.78 bits per heavy atom. The first-order valence-corrected chi connectivity index (χ1v) is 9.44. The fraction of sp³-hybridized carbons (Fsp3) is 0.273. The van der Waals surface area contributed by atoms with Gasteiger partial charge in [0.15, 0.2) is 0 Å². The van der Waals surface area contributed by atoms with E-state index < -0.39 is 0 Å². The average Bonchev–Trinajstić information content (AvgIpc) is 2.92. The SMILES string of the molecule is Cc1ccc(Cn2nc(C)c(C(=O)NCCc3ccccc3C)c2Cl)cc1. The maximum Gasteiger partial charge on any atom is 0.256 e. The molecular weight excluding hydrogens is 358 g/mol. The van der Waals surface area contributed by atoms with Crippen molar-refractivity contribution in [2.45, 2.75) is 33.7 Å². The summed E-state index contributed by atoms with van der Waals surface area (Å²) >= 11 is 6.47. The van der Waals surface area contributed by atoms with Gasteiger partial charge in [-0.2, -0.15) is 5.10 Å². The highest BCUT2D eigenvalue weighted by atomic mass is 35.5. The van der Waals surface area contributed by atoms with Crippen LogP contribution < -0.4 is 5.32 Å². The minimum absolute atomic E-state index is 0.179. The lowest BCUT2D eigenvalue weighted by Crippen LogP contribution is -2.26. The van der Waals surface area contributed by atoms with Gasteiger partial charge in [-0.25, -0.2) is 4.68 Å². The van der Waals surface area contributed by atoms with Crippen LogP contribution in [0.15, 0.2) is 48.5 Å². The van der Waals surface area contributed by atoms with Crippen LogP contribution in [0.25, 0.3) is 0 Å². The van der Waals surface area contributed by atoms with Gasteiger partial charge < -0.3 is 5.32 Å². The molecule has 2 aromatic carbocycles. The number of benzene rings is 2. The van der Waals surface area contributed by atoms with Crippen molar-refractivity contribution in [3.8, 4) is 0 Å². The summed E-state index contributed by atoms with van der Waals surface area (Å²) in [6.07, 6.45) is 0.784. The van der Waals surface area contributed by atoms with Crippen LogP contribution in [0.5, 0.6) is 0 Å². The Morgan fingerprint density at radius 1 is 1.07 bits per heavy atom. The molecule has 0 bridgehead atoms. The van der Waals surface area contributed by atoms with E-state index in [1.165, 1.54) is 16.7 Å². The predicted octanol–water partition coefficient (Wildman–Crippen LogP) is 4.48. The van der Waals surface area contributed by atoms with Crippen LogP contribution in [0, 0.1) is 20.8 Å². The van der Waals surface area contributed by atoms with Crippen molar-refractivity contribution in [1.29, 1.82) is 0 Å². The fourth-order valence-corrected chi connectivity index (χ4v) is 3.39. The van der Waals surface area contributed by atoms with Crippen molar-refractivity contribution < 1.29 is 4.79 Å². The number of aromatic nitrogens is 2. The van der Waals surface area contributed by atoms with Crippen molar-refractivity contribution in [1.82, 2.24) is 15.1 Å². The molecule has 1 aromatic heterocycles. The summed E-state index contributed by atoms with van der Waals surface area (Å²) in [5.74, 6) is -0.179. The third-order valence-electron chi connectivity index (χ3n) is 4.69. The van der Waals surface area contributed by atoms with E-state index in [-0.39, 0.29) is 5.91 Å². The van der Waals surface area contributed by atoms with Crippen LogP contribution in [0.2, 0.25) is 5.15 Å². The molecule has 3 aromatic rings. The van der Waals surface area contributed by atoms with Gasteiger partial charge >= 0.3 is 0 Å². The first kappa shape index (κ1) is 19.2.